The van der Waals surface area contributed by atoms with Gasteiger partial charge in [-0.15, -0.1) is 0 Å². The Morgan fingerprint density at radius 1 is 0.339 bits per heavy atom. The van der Waals surface area contributed by atoms with Gasteiger partial charge in [0.25, 0.3) is 0 Å². The molecule has 696 valence electrons. The highest BCUT2D eigenvalue weighted by molar-refractivity contribution is 7.68. The summed E-state index contributed by atoms with van der Waals surface area (Å²) in [6.45, 7) is 0.0662. The van der Waals surface area contributed by atoms with Crippen LogP contribution in [-0.4, -0.2) is 255 Å². The van der Waals surface area contributed by atoms with Crippen LogP contribution in [0.3, 0.4) is 0 Å². The third-order valence-corrected chi connectivity index (χ3v) is 31.5. The zero-order valence-electron chi connectivity index (χ0n) is 61.4. The fourth-order valence-electron chi connectivity index (χ4n) is 11.6. The average Bonchev–Trinajstić information content (AvgIpc) is 1.49. The summed E-state index contributed by atoms with van der Waals surface area (Å²) in [7, 11) is -66.2. The Morgan fingerprint density at radius 3 is 0.952 bits per heavy atom. The second-order valence-electron chi connectivity index (χ2n) is 25.3. The lowest BCUT2D eigenvalue weighted by Gasteiger charge is -2.19. The van der Waals surface area contributed by atoms with Crippen LogP contribution in [-0.2, 0) is 126 Å². The number of fused-ring (bicyclic) bond motifs is 4. The molecule has 0 aromatic carbocycles. The van der Waals surface area contributed by atoms with Gasteiger partial charge in [0.1, 0.15) is 132 Å². The van der Waals surface area contributed by atoms with Crippen LogP contribution in [0, 0.1) is 13.8 Å². The Morgan fingerprint density at radius 2 is 0.613 bits per heavy atom. The number of nitrogen functional groups attached to an aromatic ring is 4. The van der Waals surface area contributed by atoms with Gasteiger partial charge >= 0.3 is 93.9 Å². The summed E-state index contributed by atoms with van der Waals surface area (Å²) in [5.74, 6) is 0.815. The van der Waals surface area contributed by atoms with Crippen LogP contribution >= 0.6 is 93.9 Å². The van der Waals surface area contributed by atoms with Crippen LogP contribution in [0.2, 0.25) is 0 Å². The van der Waals surface area contributed by atoms with Gasteiger partial charge in [0.15, 0.2) is 12.5 Å². The summed E-state index contributed by atoms with van der Waals surface area (Å²) in [5.41, 5.74) is 26.0. The monoisotopic (exact) mass is 2020 g/mol. The number of aliphatic hydroxyl groups is 6. The smallest absolute Gasteiger partial charge is 0.390 e. The van der Waals surface area contributed by atoms with Crippen molar-refractivity contribution in [1.29, 1.82) is 0 Å². The normalized spacial score (nSPS) is 27.3. The van der Waals surface area contributed by atoms with Crippen LogP contribution in [0.25, 0.3) is 44.1 Å². The van der Waals surface area contributed by atoms with Crippen molar-refractivity contribution in [3.63, 3.8) is 0 Å². The number of phosphoric acid groups is 12. The topological polar surface area (TPSA) is 1020 Å². The molecule has 4 saturated heterocycles. The van der Waals surface area contributed by atoms with Gasteiger partial charge in [-0.25, -0.2) is 94.7 Å². The first kappa shape index (κ1) is 103. The molecule has 0 spiro atoms. The second kappa shape index (κ2) is 39.1. The predicted molar refractivity (Wildman–Crippen MR) is 397 cm³/mol. The van der Waals surface area contributed by atoms with Gasteiger partial charge in [0.05, 0.1) is 60.2 Å². The minimum Gasteiger partial charge on any atom is -0.390 e. The molecule has 22 unspecified atom stereocenters. The number of anilines is 4. The number of aryl methyl sites for hydroxylation is 2. The van der Waals surface area contributed by atoms with Crippen molar-refractivity contribution in [2.75, 3.05) is 49.4 Å². The number of nitrogens with two attached hydrogens (primary N) is 4. The molecule has 0 amide bonds. The quantitative estimate of drug-likeness (QED) is 0.0215. The Balaban J connectivity index is 0.000000187. The molecule has 12 rings (SSSR count). The second-order valence-corrected chi connectivity index (χ2v) is 43.0. The number of rotatable bonds is 32. The van der Waals surface area contributed by atoms with Gasteiger partial charge in [-0.05, 0) is 37.1 Å². The molecule has 78 heteroatoms. The van der Waals surface area contributed by atoms with Crippen molar-refractivity contribution in [3.05, 3.63) is 73.4 Å². The highest BCUT2D eigenvalue weighted by Crippen LogP contribution is 2.70. The van der Waals surface area contributed by atoms with E-state index in [-0.39, 0.29) is 47.4 Å². The highest BCUT2D eigenvalue weighted by atomic mass is 31.3. The molecule has 4 fully saturated rings. The molecule has 4 aliphatic heterocycles. The van der Waals surface area contributed by atoms with E-state index in [4.69, 9.17) is 101 Å². The van der Waals surface area contributed by atoms with Crippen LogP contribution < -0.4 is 22.9 Å². The van der Waals surface area contributed by atoms with E-state index in [1.54, 1.807) is 41.4 Å². The largest absolute Gasteiger partial charge is 0.490 e. The molecule has 124 heavy (non-hydrogen) atoms. The van der Waals surface area contributed by atoms with E-state index >= 15 is 0 Å². The molecule has 0 saturated carbocycles. The number of ether oxygens (including phenoxy) is 4. The highest BCUT2D eigenvalue weighted by Gasteiger charge is 2.51. The third kappa shape index (κ3) is 28.0. The summed E-state index contributed by atoms with van der Waals surface area (Å²) >= 11 is 0. The number of aromatic nitrogens is 12. The summed E-state index contributed by atoms with van der Waals surface area (Å²) in [6, 6.07) is 3.17. The average molecular weight is 2020 g/mol. The molecule has 0 bridgehead atoms. The van der Waals surface area contributed by atoms with Crippen LogP contribution in [0.5, 0.6) is 0 Å². The molecule has 8 aromatic heterocycles. The Kier molecular flexibility index (Phi) is 32.4. The molecule has 12 heterocycles. The standard InChI is InChI=1S/C12H19N4O13P3.C12H19N4O12P3.C11H17N4O13P3.C11H17N4O12P3/c1-5-2-16(11-7(5)10(13)14-4-15-11)12-9(18)8(17)6(27-12)3-26-31(22,23)29-32(24,25)28-30(19,20)21;1-6-3-16(12-10(6)11(13)14-5-15-12)9-2-7(17)8(26-9)4-25-30(21,22)28-31(23,24)27-29(18,19)20;12-9-5-1-2-15(10(5)14-4-13-9)11-8(17)7(16)6(26-11)3-25-30(21,22)28-31(23,24)27-29(18,19)20;12-10-6-1-2-15(11(6)14-5-13-10)9-3-7(16)8(25-9)4-24-29(20,21)27-30(22,23)26-28(17,18)19/h2,4,6,8-9,12,17-18H,3H2,1H3,(H,22,23)(H,24,25)(H2,13,14,15)(H2,19,20,21);3,5,7-9,17H,2,4H2,1H3,(H,21,22)(H,23,24)(H2,13,14,15)(H2,18,19,20);1-2,4,6-8,11,16-17H,3H2,(H,21,22)(H,23,24)(H2,12,13,14)(H2,18,19,20);1-2,5,7-9,16H,3-4H2,(H,20,21)(H,22,23)(H2,12,13,14)(H2,17,18,19). The van der Waals surface area contributed by atoms with E-state index in [2.05, 4.69) is 92.5 Å². The number of phosphoric ester groups is 4. The Bertz CT molecular complexity index is 5830. The van der Waals surface area contributed by atoms with Crippen molar-refractivity contribution >= 4 is 161 Å². The fraction of sp³-hybridized carbons (Fsp3) is 0.478. The van der Waals surface area contributed by atoms with Gasteiger partial charge in [-0.3, -0.25) is 18.1 Å². The van der Waals surface area contributed by atoms with Crippen molar-refractivity contribution in [3.8, 4) is 0 Å². The van der Waals surface area contributed by atoms with Gasteiger partial charge in [0.2, 0.25) is 0 Å². The summed E-state index contributed by atoms with van der Waals surface area (Å²) in [4.78, 5) is 174. The first-order chi connectivity index (χ1) is 56.7. The first-order valence-corrected chi connectivity index (χ1v) is 50.9. The van der Waals surface area contributed by atoms with Crippen LogP contribution in [0.4, 0.5) is 23.3 Å². The van der Waals surface area contributed by atoms with Crippen molar-refractivity contribution < 1.29 is 235 Å². The molecule has 66 nitrogen and oxygen atoms in total. The number of hydrogen-bond acceptors (Lipinski definition) is 46. The van der Waals surface area contributed by atoms with E-state index < -0.39 is 206 Å². The van der Waals surface area contributed by atoms with Crippen LogP contribution in [0.15, 0.2) is 62.2 Å². The Labute approximate surface area is 687 Å². The van der Waals surface area contributed by atoms with E-state index in [1.165, 1.54) is 52.9 Å². The summed E-state index contributed by atoms with van der Waals surface area (Å²) in [5, 5.41) is 63.5. The maximum atomic E-state index is 11.8. The minimum atomic E-state index is -5.70. The van der Waals surface area contributed by atoms with E-state index in [1.807, 2.05) is 0 Å². The van der Waals surface area contributed by atoms with Gasteiger partial charge < -0.3 is 169 Å². The third-order valence-electron chi connectivity index (χ3n) is 16.3. The molecule has 8 aromatic rings. The van der Waals surface area contributed by atoms with Crippen molar-refractivity contribution in [2.45, 2.75) is 113 Å². The van der Waals surface area contributed by atoms with Crippen molar-refractivity contribution in [2.24, 2.45) is 0 Å². The van der Waals surface area contributed by atoms with E-state index in [9.17, 15) is 105 Å². The molecular formula is C46H72N16O50P12. The zero-order valence-corrected chi connectivity index (χ0v) is 72.1. The number of nitrogens with zero attached hydrogens (tertiary/aromatic N) is 12. The molecule has 0 aliphatic carbocycles. The van der Waals surface area contributed by atoms with Crippen LogP contribution in [0.1, 0.15) is 48.9 Å². The molecule has 22 atom stereocenters. The lowest BCUT2D eigenvalue weighted by atomic mass is 10.1. The van der Waals surface area contributed by atoms with Gasteiger partial charge in [-0.1, -0.05) is 0 Å². The maximum absolute atomic E-state index is 11.8. The maximum Gasteiger partial charge on any atom is 0.490 e. The number of aliphatic hydroxyl groups excluding tert-OH is 6. The fourth-order valence-corrected chi connectivity index (χ4v) is 23.7. The van der Waals surface area contributed by atoms with Gasteiger partial charge in [0, 0.05) is 37.6 Å². The molecule has 0 radical (unpaired) electrons. The lowest BCUT2D eigenvalue weighted by molar-refractivity contribution is -0.0501. The SMILES string of the molecule is Cc1cn(C2CC(O)C(COP(=O)(O)OP(=O)(O)OP(=O)(O)O)O2)c2ncnc(N)c12.Cc1cn(C2OC(COP(=O)(O)OP(=O)(O)OP(=O)(O)O)C(O)C2O)c2ncnc(N)c12.Nc1ncnc2c1ccn2C1CC(O)C(COP(=O)(O)OP(=O)(O)OP(=O)(O)O)O1.Nc1ncnc2c1ccn2C1OC(COP(=O)(O)OP(=O)(O)OP(=O)(O)O)C(O)C1O. The first-order valence-electron chi connectivity index (χ1n) is 32.9. The van der Waals surface area contributed by atoms with E-state index in [0.717, 1.165) is 5.56 Å². The Hall–Kier alpha value is -5.08. The van der Waals surface area contributed by atoms with E-state index in [0.29, 0.717) is 38.4 Å². The predicted octanol–water partition coefficient (Wildman–Crippen LogP) is -1.42. The summed E-state index contributed by atoms with van der Waals surface area (Å²) < 4.78 is 210. The summed E-state index contributed by atoms with van der Waals surface area (Å²) in [6.07, 6.45) is -6.72. The zero-order chi connectivity index (χ0) is 92.8. The lowest BCUT2D eigenvalue weighted by Crippen LogP contribution is -2.33. The molecule has 30 N–H and O–H groups in total. The number of hydrogen-bond donors (Lipinski definition) is 26. The van der Waals surface area contributed by atoms with Crippen molar-refractivity contribution in [1.82, 2.24) is 58.1 Å². The minimum absolute atomic E-state index is 0.0392. The molecule has 4 aliphatic rings. The molecular weight excluding hydrogens is 1950 g/mol. The van der Waals surface area contributed by atoms with Gasteiger partial charge in [-0.2, -0.15) is 34.5 Å².